The molecular weight excluding hydrogens is 444 g/mol. The number of carboxylic acids is 1. The molecule has 0 radical (unpaired) electrons. The first-order valence-electron chi connectivity index (χ1n) is 10.2. The summed E-state index contributed by atoms with van der Waals surface area (Å²) >= 11 is 6.40. The topological polar surface area (TPSA) is 96.9 Å². The van der Waals surface area contributed by atoms with Crippen LogP contribution in [0.2, 0.25) is 5.02 Å². The summed E-state index contributed by atoms with van der Waals surface area (Å²) in [7, 11) is 1.51. The Bertz CT molecular complexity index is 1110. The van der Waals surface area contributed by atoms with Crippen molar-refractivity contribution in [1.82, 2.24) is 5.32 Å². The molecular formula is C25H25ClN2O5. The van der Waals surface area contributed by atoms with Crippen LogP contribution >= 0.6 is 11.6 Å². The van der Waals surface area contributed by atoms with Crippen molar-refractivity contribution < 1.29 is 24.2 Å². The van der Waals surface area contributed by atoms with Crippen molar-refractivity contribution in [3.05, 3.63) is 87.9 Å². The smallest absolute Gasteiger partial charge is 0.335 e. The van der Waals surface area contributed by atoms with Crippen LogP contribution < -0.4 is 20.1 Å². The van der Waals surface area contributed by atoms with Gasteiger partial charge in [-0.1, -0.05) is 41.4 Å². The molecule has 0 spiro atoms. The highest BCUT2D eigenvalue weighted by atomic mass is 35.5. The Balaban J connectivity index is 1.56. The molecule has 7 nitrogen and oxygen atoms in total. The van der Waals surface area contributed by atoms with Gasteiger partial charge in [0.2, 0.25) is 0 Å². The van der Waals surface area contributed by atoms with E-state index in [0.717, 1.165) is 16.7 Å². The van der Waals surface area contributed by atoms with Gasteiger partial charge in [-0.2, -0.15) is 0 Å². The lowest BCUT2D eigenvalue weighted by atomic mass is 10.1. The summed E-state index contributed by atoms with van der Waals surface area (Å²) in [5.74, 6) is -0.540. The number of carbonyl (C=O) groups excluding carboxylic acids is 1. The number of ether oxygens (including phenoxy) is 2. The summed E-state index contributed by atoms with van der Waals surface area (Å²) in [5.41, 5.74) is 3.86. The minimum absolute atomic E-state index is 0.214. The zero-order chi connectivity index (χ0) is 23.8. The van der Waals surface area contributed by atoms with Crippen LogP contribution in [0.5, 0.6) is 11.5 Å². The Morgan fingerprint density at radius 1 is 0.970 bits per heavy atom. The summed E-state index contributed by atoms with van der Waals surface area (Å²) in [6.45, 7) is 2.82. The fraction of sp³-hybridized carbons (Fsp3) is 0.200. The van der Waals surface area contributed by atoms with Crippen LogP contribution in [-0.4, -0.2) is 30.7 Å². The third kappa shape index (κ3) is 6.97. The molecule has 3 aromatic rings. The summed E-state index contributed by atoms with van der Waals surface area (Å²) in [5, 5.41) is 15.4. The van der Waals surface area contributed by atoms with Gasteiger partial charge in [-0.15, -0.1) is 0 Å². The maximum absolute atomic E-state index is 12.2. The molecule has 0 saturated heterocycles. The molecule has 3 N–H and O–H groups in total. The Morgan fingerprint density at radius 3 is 2.27 bits per heavy atom. The maximum Gasteiger partial charge on any atom is 0.335 e. The number of aromatic carboxylic acids is 1. The Labute approximate surface area is 197 Å². The fourth-order valence-electron chi connectivity index (χ4n) is 3.10. The number of methoxy groups -OCH3 is 1. The van der Waals surface area contributed by atoms with Crippen molar-refractivity contribution in [2.45, 2.75) is 20.0 Å². The van der Waals surface area contributed by atoms with E-state index in [0.29, 0.717) is 35.3 Å². The molecule has 8 heteroatoms. The lowest BCUT2D eigenvalue weighted by Crippen LogP contribution is -2.20. The minimum Gasteiger partial charge on any atom is -0.493 e. The Morgan fingerprint density at radius 2 is 1.64 bits per heavy atom. The highest BCUT2D eigenvalue weighted by Crippen LogP contribution is 2.36. The zero-order valence-corrected chi connectivity index (χ0v) is 19.1. The molecule has 0 unspecified atom stereocenters. The Hall–Kier alpha value is -3.55. The average molecular weight is 469 g/mol. The van der Waals surface area contributed by atoms with Gasteiger partial charge in [-0.3, -0.25) is 4.79 Å². The second-order valence-corrected chi connectivity index (χ2v) is 7.82. The van der Waals surface area contributed by atoms with E-state index >= 15 is 0 Å². The second kappa shape index (κ2) is 11.4. The summed E-state index contributed by atoms with van der Waals surface area (Å²) in [6.07, 6.45) is 0. The quantitative estimate of drug-likeness (QED) is 0.400. The molecule has 0 heterocycles. The summed E-state index contributed by atoms with van der Waals surface area (Å²) in [6, 6.07) is 17.7. The SMILES string of the molecule is COc1cc(CNCc2ccc(C(=O)O)cc2)cc(Cl)c1OCC(=O)Nc1ccc(C)cc1. The van der Waals surface area contributed by atoms with Crippen LogP contribution in [0.25, 0.3) is 0 Å². The molecule has 0 atom stereocenters. The van der Waals surface area contributed by atoms with Crippen LogP contribution in [0.15, 0.2) is 60.7 Å². The largest absolute Gasteiger partial charge is 0.493 e. The van der Waals surface area contributed by atoms with Gasteiger partial charge >= 0.3 is 5.97 Å². The molecule has 1 amide bonds. The summed E-state index contributed by atoms with van der Waals surface area (Å²) < 4.78 is 11.0. The first kappa shape index (κ1) is 24.1. The zero-order valence-electron chi connectivity index (χ0n) is 18.4. The van der Waals surface area contributed by atoms with E-state index in [1.54, 1.807) is 36.4 Å². The van der Waals surface area contributed by atoms with Gasteiger partial charge in [0.05, 0.1) is 17.7 Å². The van der Waals surface area contributed by atoms with Gasteiger partial charge < -0.3 is 25.2 Å². The first-order valence-corrected chi connectivity index (χ1v) is 10.6. The standard InChI is InChI=1S/C25H25ClN2O5/c1-16-3-9-20(10-4-16)28-23(29)15-33-24-21(26)11-18(12-22(24)32-2)14-27-13-17-5-7-19(8-6-17)25(30)31/h3-12,27H,13-15H2,1-2H3,(H,28,29)(H,30,31). The molecule has 0 aliphatic rings. The molecule has 0 aliphatic heterocycles. The lowest BCUT2D eigenvalue weighted by Gasteiger charge is -2.15. The number of amides is 1. The van der Waals surface area contributed by atoms with Crippen LogP contribution in [0.3, 0.4) is 0 Å². The van der Waals surface area contributed by atoms with Gasteiger partial charge in [0.25, 0.3) is 5.91 Å². The number of aryl methyl sites for hydroxylation is 1. The van der Waals surface area contributed by atoms with Crippen LogP contribution in [0.4, 0.5) is 5.69 Å². The van der Waals surface area contributed by atoms with Crippen molar-refractivity contribution >= 4 is 29.2 Å². The van der Waals surface area contributed by atoms with Crippen molar-refractivity contribution in [2.24, 2.45) is 0 Å². The lowest BCUT2D eigenvalue weighted by molar-refractivity contribution is -0.118. The first-order chi connectivity index (χ1) is 15.9. The molecule has 3 aromatic carbocycles. The monoisotopic (exact) mass is 468 g/mol. The van der Waals surface area contributed by atoms with Crippen molar-refractivity contribution in [3.8, 4) is 11.5 Å². The van der Waals surface area contributed by atoms with E-state index in [1.165, 1.54) is 7.11 Å². The average Bonchev–Trinajstić information content (AvgIpc) is 2.80. The van der Waals surface area contributed by atoms with E-state index in [4.69, 9.17) is 26.2 Å². The third-order valence-electron chi connectivity index (χ3n) is 4.83. The molecule has 0 fully saturated rings. The van der Waals surface area contributed by atoms with E-state index in [-0.39, 0.29) is 18.1 Å². The number of nitrogens with one attached hydrogen (secondary N) is 2. The number of halogens is 1. The van der Waals surface area contributed by atoms with Gasteiger partial charge in [0.1, 0.15) is 0 Å². The van der Waals surface area contributed by atoms with Crippen molar-refractivity contribution in [3.63, 3.8) is 0 Å². The predicted molar refractivity (Wildman–Crippen MR) is 127 cm³/mol. The van der Waals surface area contributed by atoms with E-state index in [9.17, 15) is 9.59 Å². The number of benzene rings is 3. The van der Waals surface area contributed by atoms with Gasteiger partial charge in [-0.25, -0.2) is 4.79 Å². The van der Waals surface area contributed by atoms with Crippen molar-refractivity contribution in [2.75, 3.05) is 19.0 Å². The summed E-state index contributed by atoms with van der Waals surface area (Å²) in [4.78, 5) is 23.2. The molecule has 33 heavy (non-hydrogen) atoms. The third-order valence-corrected chi connectivity index (χ3v) is 5.11. The molecule has 3 rings (SSSR count). The van der Waals surface area contributed by atoms with Gasteiger partial charge in [0, 0.05) is 18.8 Å². The number of anilines is 1. The second-order valence-electron chi connectivity index (χ2n) is 7.42. The van der Waals surface area contributed by atoms with Crippen LogP contribution in [0, 0.1) is 6.92 Å². The predicted octanol–water partition coefficient (Wildman–Crippen LogP) is 4.66. The normalized spacial score (nSPS) is 10.5. The number of carboxylic acid groups (broad SMARTS) is 1. The van der Waals surface area contributed by atoms with Crippen LogP contribution in [-0.2, 0) is 17.9 Å². The van der Waals surface area contributed by atoms with Gasteiger partial charge in [-0.05, 0) is 54.4 Å². The molecule has 0 aromatic heterocycles. The van der Waals surface area contributed by atoms with E-state index < -0.39 is 5.97 Å². The molecule has 0 bridgehead atoms. The number of carbonyl (C=O) groups is 2. The molecule has 0 saturated carbocycles. The van der Waals surface area contributed by atoms with E-state index in [2.05, 4.69) is 10.6 Å². The fourth-order valence-corrected chi connectivity index (χ4v) is 3.39. The molecule has 0 aliphatic carbocycles. The Kier molecular flexibility index (Phi) is 8.29. The minimum atomic E-state index is -0.953. The number of hydrogen-bond donors (Lipinski definition) is 3. The maximum atomic E-state index is 12.2. The van der Waals surface area contributed by atoms with Crippen molar-refractivity contribution in [1.29, 1.82) is 0 Å². The molecule has 172 valence electrons. The highest BCUT2D eigenvalue weighted by molar-refractivity contribution is 6.32. The number of hydrogen-bond acceptors (Lipinski definition) is 5. The van der Waals surface area contributed by atoms with E-state index in [1.807, 2.05) is 31.2 Å². The number of rotatable bonds is 10. The van der Waals surface area contributed by atoms with Crippen LogP contribution in [0.1, 0.15) is 27.0 Å². The van der Waals surface area contributed by atoms with Gasteiger partial charge in [0.15, 0.2) is 18.1 Å². The highest BCUT2D eigenvalue weighted by Gasteiger charge is 2.14.